The van der Waals surface area contributed by atoms with Crippen molar-refractivity contribution in [2.45, 2.75) is 25.0 Å². The minimum Gasteiger partial charge on any atom is -0.355 e. The van der Waals surface area contributed by atoms with Crippen molar-refractivity contribution in [3.8, 4) is 11.4 Å². The molecule has 1 heterocycles. The zero-order valence-electron chi connectivity index (χ0n) is 12.7. The van der Waals surface area contributed by atoms with Crippen LogP contribution in [0.1, 0.15) is 13.3 Å². The second-order valence-electron chi connectivity index (χ2n) is 4.71. The number of carbonyl (C=O) groups is 1. The average Bonchev–Trinajstić information content (AvgIpc) is 2.95. The molecular weight excluding hydrogens is 296 g/mol. The van der Waals surface area contributed by atoms with Gasteiger partial charge in [-0.2, -0.15) is 0 Å². The summed E-state index contributed by atoms with van der Waals surface area (Å²) in [4.78, 5) is 11.7. The predicted molar refractivity (Wildman–Crippen MR) is 89.7 cm³/mol. The Morgan fingerprint density at radius 2 is 2.14 bits per heavy atom. The summed E-state index contributed by atoms with van der Waals surface area (Å²) in [5, 5.41) is 12.1. The Morgan fingerprint density at radius 1 is 1.36 bits per heavy atom. The Balaban J connectivity index is 2.13. The van der Waals surface area contributed by atoms with Crippen LogP contribution < -0.4 is 5.32 Å². The highest BCUT2D eigenvalue weighted by atomic mass is 32.2. The molecule has 0 aliphatic heterocycles. The maximum atomic E-state index is 11.7. The Hall–Kier alpha value is -2.08. The monoisotopic (exact) mass is 316 g/mol. The summed E-state index contributed by atoms with van der Waals surface area (Å²) in [6, 6.07) is 9.88. The topological polar surface area (TPSA) is 59.8 Å². The minimum absolute atomic E-state index is 0.0151. The standard InChI is InChI=1S/C16H20N4OS/c1-3-10-17-14(21)12-22-16-19-18-15(20(16)11-4-2)13-8-6-5-7-9-13/h4-9H,2-3,10-12H2,1H3,(H,17,21). The van der Waals surface area contributed by atoms with Gasteiger partial charge in [0.1, 0.15) is 0 Å². The molecule has 0 atom stereocenters. The molecule has 0 aliphatic rings. The van der Waals surface area contributed by atoms with Gasteiger partial charge in [0, 0.05) is 18.7 Å². The van der Waals surface area contributed by atoms with Crippen LogP contribution in [0.15, 0.2) is 48.1 Å². The third-order valence-corrected chi connectivity index (χ3v) is 3.93. The molecule has 1 aromatic carbocycles. The molecule has 2 rings (SSSR count). The fourth-order valence-corrected chi connectivity index (χ4v) is 2.71. The Bertz CT molecular complexity index is 624. The van der Waals surface area contributed by atoms with Crippen molar-refractivity contribution in [3.05, 3.63) is 43.0 Å². The fraction of sp³-hybridized carbons (Fsp3) is 0.312. The van der Waals surface area contributed by atoms with E-state index >= 15 is 0 Å². The molecule has 1 aromatic heterocycles. The maximum Gasteiger partial charge on any atom is 0.230 e. The van der Waals surface area contributed by atoms with Gasteiger partial charge in [-0.05, 0) is 6.42 Å². The van der Waals surface area contributed by atoms with E-state index in [-0.39, 0.29) is 5.91 Å². The van der Waals surface area contributed by atoms with E-state index in [1.54, 1.807) is 6.08 Å². The van der Waals surface area contributed by atoms with Gasteiger partial charge >= 0.3 is 0 Å². The van der Waals surface area contributed by atoms with E-state index in [4.69, 9.17) is 0 Å². The second-order valence-corrected chi connectivity index (χ2v) is 5.65. The number of aromatic nitrogens is 3. The highest BCUT2D eigenvalue weighted by molar-refractivity contribution is 7.99. The molecule has 0 aliphatic carbocycles. The first-order valence-electron chi connectivity index (χ1n) is 7.25. The van der Waals surface area contributed by atoms with Crippen LogP contribution in [-0.4, -0.2) is 33.0 Å². The van der Waals surface area contributed by atoms with E-state index in [2.05, 4.69) is 22.1 Å². The molecule has 1 N–H and O–H groups in total. The molecule has 0 radical (unpaired) electrons. The molecule has 6 heteroatoms. The van der Waals surface area contributed by atoms with E-state index in [1.807, 2.05) is 41.8 Å². The van der Waals surface area contributed by atoms with Crippen LogP contribution in [-0.2, 0) is 11.3 Å². The normalized spacial score (nSPS) is 10.4. The molecule has 1 amide bonds. The highest BCUT2D eigenvalue weighted by Crippen LogP contribution is 2.23. The third kappa shape index (κ3) is 4.21. The number of hydrogen-bond donors (Lipinski definition) is 1. The van der Waals surface area contributed by atoms with Gasteiger partial charge in [0.15, 0.2) is 11.0 Å². The number of carbonyl (C=O) groups excluding carboxylic acids is 1. The van der Waals surface area contributed by atoms with Crippen molar-refractivity contribution in [3.63, 3.8) is 0 Å². The van der Waals surface area contributed by atoms with E-state index in [0.29, 0.717) is 18.8 Å². The fourth-order valence-electron chi connectivity index (χ4n) is 1.94. The van der Waals surface area contributed by atoms with Crippen LogP contribution in [0, 0.1) is 0 Å². The number of allylic oxidation sites excluding steroid dienone is 1. The van der Waals surface area contributed by atoms with Crippen LogP contribution in [0.3, 0.4) is 0 Å². The molecule has 116 valence electrons. The van der Waals surface area contributed by atoms with Crippen molar-refractivity contribution in [1.29, 1.82) is 0 Å². The summed E-state index contributed by atoms with van der Waals surface area (Å²) in [5.41, 5.74) is 0.999. The molecule has 0 spiro atoms. The van der Waals surface area contributed by atoms with Crippen molar-refractivity contribution in [1.82, 2.24) is 20.1 Å². The first-order chi connectivity index (χ1) is 10.8. The van der Waals surface area contributed by atoms with Gasteiger partial charge in [-0.25, -0.2) is 0 Å². The first-order valence-corrected chi connectivity index (χ1v) is 8.23. The van der Waals surface area contributed by atoms with Crippen molar-refractivity contribution in [2.24, 2.45) is 0 Å². The lowest BCUT2D eigenvalue weighted by Gasteiger charge is -2.07. The molecule has 0 saturated heterocycles. The summed E-state index contributed by atoms with van der Waals surface area (Å²) < 4.78 is 1.97. The number of benzene rings is 1. The quantitative estimate of drug-likeness (QED) is 0.601. The number of nitrogens with one attached hydrogen (secondary N) is 1. The lowest BCUT2D eigenvalue weighted by Crippen LogP contribution is -2.25. The Kier molecular flexibility index (Phi) is 6.21. The maximum absolute atomic E-state index is 11.7. The van der Waals surface area contributed by atoms with E-state index in [9.17, 15) is 4.79 Å². The van der Waals surface area contributed by atoms with Gasteiger partial charge in [-0.3, -0.25) is 9.36 Å². The van der Waals surface area contributed by atoms with E-state index < -0.39 is 0 Å². The smallest absolute Gasteiger partial charge is 0.230 e. The minimum atomic E-state index is 0.0151. The second kappa shape index (κ2) is 8.38. The largest absolute Gasteiger partial charge is 0.355 e. The molecule has 0 fully saturated rings. The van der Waals surface area contributed by atoms with E-state index in [0.717, 1.165) is 23.0 Å². The summed E-state index contributed by atoms with van der Waals surface area (Å²) in [6.45, 7) is 7.12. The summed E-state index contributed by atoms with van der Waals surface area (Å²) in [7, 11) is 0. The van der Waals surface area contributed by atoms with Crippen molar-refractivity contribution < 1.29 is 4.79 Å². The summed E-state index contributed by atoms with van der Waals surface area (Å²) >= 11 is 1.39. The zero-order valence-corrected chi connectivity index (χ0v) is 13.5. The summed E-state index contributed by atoms with van der Waals surface area (Å²) in [6.07, 6.45) is 2.73. The van der Waals surface area contributed by atoms with Gasteiger partial charge in [0.25, 0.3) is 0 Å². The van der Waals surface area contributed by atoms with Gasteiger partial charge in [0.05, 0.1) is 5.75 Å². The zero-order chi connectivity index (χ0) is 15.8. The Labute approximate surface area is 134 Å². The number of amides is 1. The van der Waals surface area contributed by atoms with E-state index in [1.165, 1.54) is 11.8 Å². The Morgan fingerprint density at radius 3 is 2.82 bits per heavy atom. The van der Waals surface area contributed by atoms with Crippen LogP contribution in [0.25, 0.3) is 11.4 Å². The van der Waals surface area contributed by atoms with Gasteiger partial charge in [-0.15, -0.1) is 16.8 Å². The average molecular weight is 316 g/mol. The molecule has 0 bridgehead atoms. The predicted octanol–water partition coefficient (Wildman–Crippen LogP) is 2.75. The van der Waals surface area contributed by atoms with Crippen LogP contribution in [0.5, 0.6) is 0 Å². The van der Waals surface area contributed by atoms with Crippen molar-refractivity contribution >= 4 is 17.7 Å². The lowest BCUT2D eigenvalue weighted by atomic mass is 10.2. The molecule has 22 heavy (non-hydrogen) atoms. The van der Waals surface area contributed by atoms with Gasteiger partial charge < -0.3 is 5.32 Å². The third-order valence-electron chi connectivity index (χ3n) is 2.97. The SMILES string of the molecule is C=CCn1c(SCC(=O)NCCC)nnc1-c1ccccc1. The van der Waals surface area contributed by atoms with Crippen LogP contribution in [0.4, 0.5) is 0 Å². The molecule has 5 nitrogen and oxygen atoms in total. The molecule has 0 saturated carbocycles. The van der Waals surface area contributed by atoms with Gasteiger partial charge in [-0.1, -0.05) is 55.1 Å². The number of nitrogens with zero attached hydrogens (tertiary/aromatic N) is 3. The molecular formula is C16H20N4OS. The molecule has 2 aromatic rings. The number of thioether (sulfide) groups is 1. The van der Waals surface area contributed by atoms with Crippen molar-refractivity contribution in [2.75, 3.05) is 12.3 Å². The lowest BCUT2D eigenvalue weighted by molar-refractivity contribution is -0.118. The first kappa shape index (κ1) is 16.3. The van der Waals surface area contributed by atoms with Gasteiger partial charge in [0.2, 0.25) is 5.91 Å². The summed E-state index contributed by atoms with van der Waals surface area (Å²) in [5.74, 6) is 1.14. The number of rotatable bonds is 8. The highest BCUT2D eigenvalue weighted by Gasteiger charge is 2.14. The number of hydrogen-bond acceptors (Lipinski definition) is 4. The van der Waals surface area contributed by atoms with Crippen LogP contribution >= 0.6 is 11.8 Å². The molecule has 0 unspecified atom stereocenters. The van der Waals surface area contributed by atoms with Crippen LogP contribution in [0.2, 0.25) is 0 Å².